The summed E-state index contributed by atoms with van der Waals surface area (Å²) in [7, 11) is 0. The van der Waals surface area contributed by atoms with Crippen molar-refractivity contribution in [2.75, 3.05) is 52.4 Å². The molecule has 37 heavy (non-hydrogen) atoms. The number of nitrogens with one attached hydrogen (secondary N) is 4. The highest BCUT2D eigenvalue weighted by Crippen LogP contribution is 2.02. The van der Waals surface area contributed by atoms with Crippen molar-refractivity contribution in [2.45, 2.75) is 57.8 Å². The zero-order valence-corrected chi connectivity index (χ0v) is 25.7. The van der Waals surface area contributed by atoms with Crippen molar-refractivity contribution in [3.05, 3.63) is 71.8 Å². The SMILES string of the molecule is Cl.Cl.Cl.Cl.c1ccc(CCNCCCNCCCCCCCNCCCNCCc2ccccc2)cc1. The molecule has 2 aromatic carbocycles. The molecular weight excluding hydrogens is 546 g/mol. The molecule has 2 rings (SSSR count). The summed E-state index contributed by atoms with van der Waals surface area (Å²) >= 11 is 0. The molecular formula is C29H52Cl4N4. The maximum atomic E-state index is 3.58. The van der Waals surface area contributed by atoms with Gasteiger partial charge in [0.1, 0.15) is 0 Å². The lowest BCUT2D eigenvalue weighted by molar-refractivity contribution is 0.537. The first kappa shape index (κ1) is 40.9. The van der Waals surface area contributed by atoms with Gasteiger partial charge < -0.3 is 21.3 Å². The Balaban J connectivity index is -0.00000289. The molecule has 0 aromatic heterocycles. The highest BCUT2D eigenvalue weighted by molar-refractivity contribution is 5.86. The van der Waals surface area contributed by atoms with E-state index in [1.165, 1.54) is 69.2 Å². The Morgan fingerprint density at radius 2 is 0.622 bits per heavy atom. The Morgan fingerprint density at radius 3 is 1.00 bits per heavy atom. The van der Waals surface area contributed by atoms with Crippen LogP contribution in [0.1, 0.15) is 56.1 Å². The van der Waals surface area contributed by atoms with Gasteiger partial charge in [-0.2, -0.15) is 0 Å². The van der Waals surface area contributed by atoms with Crippen LogP contribution in [0.5, 0.6) is 0 Å². The lowest BCUT2D eigenvalue weighted by atomic mass is 10.1. The molecule has 0 bridgehead atoms. The van der Waals surface area contributed by atoms with Gasteiger partial charge in [0.15, 0.2) is 0 Å². The van der Waals surface area contributed by atoms with E-state index in [0.29, 0.717) is 0 Å². The van der Waals surface area contributed by atoms with Crippen LogP contribution in [0.4, 0.5) is 0 Å². The van der Waals surface area contributed by atoms with E-state index in [2.05, 4.69) is 81.9 Å². The molecule has 0 spiro atoms. The molecule has 4 N–H and O–H groups in total. The predicted molar refractivity (Wildman–Crippen MR) is 173 cm³/mol. The van der Waals surface area contributed by atoms with E-state index in [0.717, 1.165) is 52.1 Å². The summed E-state index contributed by atoms with van der Waals surface area (Å²) in [6, 6.07) is 21.4. The van der Waals surface area contributed by atoms with Crippen molar-refractivity contribution in [2.24, 2.45) is 0 Å². The second-order valence-corrected chi connectivity index (χ2v) is 8.95. The summed E-state index contributed by atoms with van der Waals surface area (Å²) in [6.07, 6.45) is 11.4. The zero-order chi connectivity index (χ0) is 23.1. The molecule has 0 saturated carbocycles. The molecule has 0 fully saturated rings. The summed E-state index contributed by atoms with van der Waals surface area (Å²) in [5.41, 5.74) is 2.84. The number of rotatable bonds is 22. The molecule has 0 heterocycles. The molecule has 0 unspecified atom stereocenters. The average molecular weight is 599 g/mol. The van der Waals surface area contributed by atoms with Crippen LogP contribution in [-0.4, -0.2) is 52.4 Å². The van der Waals surface area contributed by atoms with Crippen LogP contribution in [0.3, 0.4) is 0 Å². The summed E-state index contributed by atoms with van der Waals surface area (Å²) in [5.74, 6) is 0. The van der Waals surface area contributed by atoms with Gasteiger partial charge in [0, 0.05) is 0 Å². The minimum Gasteiger partial charge on any atom is -0.317 e. The summed E-state index contributed by atoms with van der Waals surface area (Å²) < 4.78 is 0. The monoisotopic (exact) mass is 596 g/mol. The molecule has 0 amide bonds. The van der Waals surface area contributed by atoms with Crippen molar-refractivity contribution in [3.8, 4) is 0 Å². The lowest BCUT2D eigenvalue weighted by Gasteiger charge is -2.08. The fourth-order valence-electron chi connectivity index (χ4n) is 3.96. The lowest BCUT2D eigenvalue weighted by Crippen LogP contribution is -2.24. The Hall–Kier alpha value is -0.560. The molecule has 216 valence electrons. The number of hydrogen-bond donors (Lipinski definition) is 4. The van der Waals surface area contributed by atoms with Gasteiger partial charge in [0.25, 0.3) is 0 Å². The van der Waals surface area contributed by atoms with Gasteiger partial charge in [-0.15, -0.1) is 49.6 Å². The second-order valence-electron chi connectivity index (χ2n) is 8.95. The fraction of sp³-hybridized carbons (Fsp3) is 0.586. The topological polar surface area (TPSA) is 48.1 Å². The van der Waals surface area contributed by atoms with Gasteiger partial charge in [-0.05, 0) is 102 Å². The van der Waals surface area contributed by atoms with Crippen LogP contribution >= 0.6 is 49.6 Å². The molecule has 0 saturated heterocycles. The number of unbranched alkanes of at least 4 members (excludes halogenated alkanes) is 4. The van der Waals surface area contributed by atoms with Crippen molar-refractivity contribution in [3.63, 3.8) is 0 Å². The van der Waals surface area contributed by atoms with E-state index in [4.69, 9.17) is 0 Å². The summed E-state index contributed by atoms with van der Waals surface area (Å²) in [4.78, 5) is 0. The van der Waals surface area contributed by atoms with E-state index in [1.54, 1.807) is 0 Å². The average Bonchev–Trinajstić information content (AvgIpc) is 2.86. The van der Waals surface area contributed by atoms with Crippen LogP contribution in [0.25, 0.3) is 0 Å². The first-order chi connectivity index (χ1) is 16.4. The van der Waals surface area contributed by atoms with Crippen LogP contribution < -0.4 is 21.3 Å². The van der Waals surface area contributed by atoms with Crippen molar-refractivity contribution < 1.29 is 0 Å². The maximum absolute atomic E-state index is 3.58. The maximum Gasteiger partial charge on any atom is -0.000834 e. The quantitative estimate of drug-likeness (QED) is 0.121. The second kappa shape index (κ2) is 31.7. The minimum absolute atomic E-state index is 0. The molecule has 0 aliphatic carbocycles. The van der Waals surface area contributed by atoms with E-state index < -0.39 is 0 Å². The third-order valence-electron chi connectivity index (χ3n) is 5.99. The Kier molecular flexibility index (Phi) is 35.0. The number of halogens is 4. The molecule has 4 nitrogen and oxygen atoms in total. The van der Waals surface area contributed by atoms with Crippen molar-refractivity contribution in [1.29, 1.82) is 0 Å². The van der Waals surface area contributed by atoms with Gasteiger partial charge in [0.05, 0.1) is 0 Å². The van der Waals surface area contributed by atoms with Gasteiger partial charge in [-0.1, -0.05) is 79.9 Å². The fourth-order valence-corrected chi connectivity index (χ4v) is 3.96. The van der Waals surface area contributed by atoms with E-state index >= 15 is 0 Å². The molecule has 0 atom stereocenters. The van der Waals surface area contributed by atoms with Gasteiger partial charge in [0.2, 0.25) is 0 Å². The van der Waals surface area contributed by atoms with E-state index in [-0.39, 0.29) is 49.6 Å². The molecule has 0 aliphatic rings. The highest BCUT2D eigenvalue weighted by Gasteiger charge is 1.95. The predicted octanol–water partition coefficient (Wildman–Crippen LogP) is 6.25. The molecule has 8 heteroatoms. The Bertz CT molecular complexity index is 608. The van der Waals surface area contributed by atoms with Gasteiger partial charge in [-0.25, -0.2) is 0 Å². The first-order valence-electron chi connectivity index (χ1n) is 13.4. The summed E-state index contributed by atoms with van der Waals surface area (Å²) in [5, 5.41) is 14.3. The largest absolute Gasteiger partial charge is 0.317 e. The van der Waals surface area contributed by atoms with E-state index in [9.17, 15) is 0 Å². The molecule has 2 aromatic rings. The van der Waals surface area contributed by atoms with Crippen LogP contribution in [-0.2, 0) is 12.8 Å². The number of benzene rings is 2. The highest BCUT2D eigenvalue weighted by atomic mass is 35.5. The smallest absolute Gasteiger partial charge is 0.000834 e. The Morgan fingerprint density at radius 1 is 0.324 bits per heavy atom. The van der Waals surface area contributed by atoms with Crippen LogP contribution in [0.15, 0.2) is 60.7 Å². The summed E-state index contributed by atoms with van der Waals surface area (Å²) in [6.45, 7) is 8.95. The normalized spacial score (nSPS) is 9.95. The van der Waals surface area contributed by atoms with Crippen LogP contribution in [0.2, 0.25) is 0 Å². The third-order valence-corrected chi connectivity index (χ3v) is 5.99. The van der Waals surface area contributed by atoms with Crippen LogP contribution in [0, 0.1) is 0 Å². The van der Waals surface area contributed by atoms with Crippen molar-refractivity contribution >= 4 is 49.6 Å². The zero-order valence-electron chi connectivity index (χ0n) is 22.4. The molecule has 0 radical (unpaired) electrons. The minimum atomic E-state index is 0. The first-order valence-corrected chi connectivity index (χ1v) is 13.4. The van der Waals surface area contributed by atoms with Gasteiger partial charge >= 0.3 is 0 Å². The van der Waals surface area contributed by atoms with Crippen molar-refractivity contribution in [1.82, 2.24) is 21.3 Å². The molecule has 0 aliphatic heterocycles. The standard InChI is InChI=1S/C29H48N4.4ClH/c1(2-10-20-30-22-12-24-32-26-18-28-14-6-4-7-15-28)3-11-21-31-23-13-25-33-27-19-29-16-8-5-9-17-29;;;;/h4-9,14-17,30-33H,1-3,10-13,18-27H2;4*1H. The third kappa shape index (κ3) is 25.5. The van der Waals surface area contributed by atoms with E-state index in [1.807, 2.05) is 0 Å². The Labute approximate surface area is 252 Å². The number of hydrogen-bond acceptors (Lipinski definition) is 4. The van der Waals surface area contributed by atoms with Gasteiger partial charge in [-0.3, -0.25) is 0 Å².